The van der Waals surface area contributed by atoms with Crippen LogP contribution in [-0.4, -0.2) is 60.6 Å². The molecule has 3 heterocycles. The number of amides is 2. The average molecular weight is 528 g/mol. The molecule has 6 rings (SSSR count). The molecule has 3 aliphatic heterocycles. The summed E-state index contributed by atoms with van der Waals surface area (Å²) in [4.78, 5) is 28.5. The van der Waals surface area contributed by atoms with E-state index in [1.807, 2.05) is 60.7 Å². The molecule has 0 aromatic heterocycles. The van der Waals surface area contributed by atoms with Gasteiger partial charge in [0.05, 0.1) is 30.9 Å². The lowest BCUT2D eigenvalue weighted by atomic mass is 9.94. The van der Waals surface area contributed by atoms with Crippen LogP contribution < -0.4 is 0 Å². The maximum atomic E-state index is 13.6. The van der Waals surface area contributed by atoms with E-state index in [0.29, 0.717) is 11.1 Å². The molecule has 0 radical (unpaired) electrons. The number of hydrogen-bond donors (Lipinski definition) is 0. The fourth-order valence-electron chi connectivity index (χ4n) is 5.35. The third-order valence-electron chi connectivity index (χ3n) is 7.17. The van der Waals surface area contributed by atoms with Crippen LogP contribution in [0.3, 0.4) is 0 Å². The van der Waals surface area contributed by atoms with E-state index in [1.54, 1.807) is 30.3 Å². The highest BCUT2D eigenvalue weighted by Crippen LogP contribution is 2.39. The summed E-state index contributed by atoms with van der Waals surface area (Å²) in [7, 11) is 0. The molecule has 0 N–H and O–H groups in total. The molecule has 2 saturated heterocycles. The Hall–Kier alpha value is -3.66. The summed E-state index contributed by atoms with van der Waals surface area (Å²) in [5.41, 5.74) is 2.46. The Labute approximate surface area is 226 Å². The lowest BCUT2D eigenvalue weighted by Crippen LogP contribution is -2.68. The van der Waals surface area contributed by atoms with E-state index >= 15 is 0 Å². The fraction of sp³-hybridized carbons (Fsp3) is 0.290. The predicted octanol–water partition coefficient (Wildman–Crippen LogP) is 4.28. The van der Waals surface area contributed by atoms with E-state index < -0.39 is 48.7 Å². The molecule has 2 amide bonds. The van der Waals surface area contributed by atoms with Crippen LogP contribution in [0.15, 0.2) is 97.6 Å². The normalized spacial score (nSPS) is 28.2. The minimum Gasteiger partial charge on any atom is -0.368 e. The van der Waals surface area contributed by atoms with Crippen LogP contribution in [0.1, 0.15) is 38.1 Å². The Morgan fingerprint density at radius 1 is 0.846 bits per heavy atom. The van der Waals surface area contributed by atoms with Crippen LogP contribution in [0.5, 0.6) is 0 Å². The molecule has 2 fully saturated rings. The second-order valence-electron chi connectivity index (χ2n) is 9.62. The zero-order valence-electron chi connectivity index (χ0n) is 21.3. The Morgan fingerprint density at radius 2 is 1.49 bits per heavy atom. The highest BCUT2D eigenvalue weighted by molar-refractivity contribution is 6.21. The van der Waals surface area contributed by atoms with E-state index in [2.05, 4.69) is 6.58 Å². The van der Waals surface area contributed by atoms with Crippen LogP contribution in [-0.2, 0) is 30.3 Å². The molecule has 0 saturated carbocycles. The Bertz CT molecular complexity index is 1300. The Morgan fingerprint density at radius 3 is 2.15 bits per heavy atom. The minimum absolute atomic E-state index is 0.154. The molecule has 0 aliphatic carbocycles. The van der Waals surface area contributed by atoms with Crippen molar-refractivity contribution in [2.45, 2.75) is 43.5 Å². The van der Waals surface area contributed by atoms with Crippen LogP contribution in [0.25, 0.3) is 0 Å². The molecule has 8 heteroatoms. The molecule has 3 aliphatic rings. The number of imide groups is 1. The van der Waals surface area contributed by atoms with Crippen LogP contribution in [0, 0.1) is 0 Å². The zero-order chi connectivity index (χ0) is 26.8. The van der Waals surface area contributed by atoms with Gasteiger partial charge in [0.1, 0.15) is 24.4 Å². The molecule has 39 heavy (non-hydrogen) atoms. The largest absolute Gasteiger partial charge is 0.368 e. The van der Waals surface area contributed by atoms with Crippen molar-refractivity contribution in [2.24, 2.45) is 0 Å². The summed E-state index contributed by atoms with van der Waals surface area (Å²) in [6, 6.07) is 25.2. The maximum Gasteiger partial charge on any atom is 0.262 e. The smallest absolute Gasteiger partial charge is 0.262 e. The van der Waals surface area contributed by atoms with Gasteiger partial charge in [0.2, 0.25) is 0 Å². The molecule has 0 spiro atoms. The first-order valence-electron chi connectivity index (χ1n) is 13.0. The lowest BCUT2D eigenvalue weighted by Gasteiger charge is -2.50. The molecule has 3 aromatic carbocycles. The standard InChI is InChI=1S/C31H29NO7/c1-2-17-35-31-25(32-28(33)22-15-9-10-16-23(22)29(32)34)27(36-18-20-11-5-3-6-12-20)26-24(38-31)19-37-30(39-26)21-13-7-4-8-14-21/h2-16,24-27,30-31H,1,17-19H2/t24-,25-,26-,27-,30?,31-/m1/s1. The summed E-state index contributed by atoms with van der Waals surface area (Å²) in [5.74, 6) is -0.843. The van der Waals surface area contributed by atoms with Crippen molar-refractivity contribution >= 4 is 11.8 Å². The molecule has 0 bridgehead atoms. The molecular weight excluding hydrogens is 498 g/mol. The number of nitrogens with zero attached hydrogens (tertiary/aromatic N) is 1. The van der Waals surface area contributed by atoms with Gasteiger partial charge in [0.15, 0.2) is 12.6 Å². The maximum absolute atomic E-state index is 13.6. The van der Waals surface area contributed by atoms with E-state index in [-0.39, 0.29) is 19.8 Å². The van der Waals surface area contributed by atoms with Crippen LogP contribution in [0.2, 0.25) is 0 Å². The molecule has 200 valence electrons. The van der Waals surface area contributed by atoms with Gasteiger partial charge in [-0.25, -0.2) is 0 Å². The summed E-state index contributed by atoms with van der Waals surface area (Å²) in [6.07, 6.45) is -2.01. The van der Waals surface area contributed by atoms with Gasteiger partial charge in [-0.2, -0.15) is 0 Å². The van der Waals surface area contributed by atoms with Crippen molar-refractivity contribution in [3.63, 3.8) is 0 Å². The number of carbonyl (C=O) groups excluding carboxylic acids is 2. The third kappa shape index (κ3) is 4.93. The minimum atomic E-state index is -0.979. The first-order valence-corrected chi connectivity index (χ1v) is 13.0. The van der Waals surface area contributed by atoms with E-state index in [4.69, 9.17) is 23.7 Å². The summed E-state index contributed by atoms with van der Waals surface area (Å²) < 4.78 is 31.4. The highest BCUT2D eigenvalue weighted by atomic mass is 16.7. The van der Waals surface area contributed by atoms with E-state index in [9.17, 15) is 9.59 Å². The SMILES string of the molecule is C=CCO[C@@H]1O[C@@H]2COC(c3ccccc3)O[C@H]2[C@H](OCc2ccccc2)[C@H]1N1C(=O)c2ccccc2C1=O. The zero-order valence-corrected chi connectivity index (χ0v) is 21.3. The molecule has 3 aromatic rings. The van der Waals surface area contributed by atoms with Gasteiger partial charge >= 0.3 is 0 Å². The first-order chi connectivity index (χ1) is 19.2. The fourth-order valence-corrected chi connectivity index (χ4v) is 5.35. The van der Waals surface area contributed by atoms with Gasteiger partial charge in [-0.1, -0.05) is 78.9 Å². The Kier molecular flexibility index (Phi) is 7.36. The van der Waals surface area contributed by atoms with Gasteiger partial charge in [-0.05, 0) is 17.7 Å². The topological polar surface area (TPSA) is 83.5 Å². The van der Waals surface area contributed by atoms with Gasteiger partial charge in [0.25, 0.3) is 11.8 Å². The van der Waals surface area contributed by atoms with Gasteiger partial charge in [0, 0.05) is 5.56 Å². The van der Waals surface area contributed by atoms with Crippen molar-refractivity contribution in [2.75, 3.05) is 13.2 Å². The van der Waals surface area contributed by atoms with E-state index in [1.165, 1.54) is 4.90 Å². The van der Waals surface area contributed by atoms with Crippen molar-refractivity contribution in [1.29, 1.82) is 0 Å². The van der Waals surface area contributed by atoms with Crippen molar-refractivity contribution in [3.05, 3.63) is 120 Å². The van der Waals surface area contributed by atoms with Crippen LogP contribution in [0.4, 0.5) is 0 Å². The van der Waals surface area contributed by atoms with Crippen LogP contribution >= 0.6 is 0 Å². The molecule has 8 nitrogen and oxygen atoms in total. The second kappa shape index (κ2) is 11.2. The lowest BCUT2D eigenvalue weighted by molar-refractivity contribution is -0.353. The molecule has 1 unspecified atom stereocenters. The molecular formula is C31H29NO7. The Balaban J connectivity index is 1.38. The van der Waals surface area contributed by atoms with Gasteiger partial charge in [-0.3, -0.25) is 14.5 Å². The predicted molar refractivity (Wildman–Crippen MR) is 141 cm³/mol. The van der Waals surface area contributed by atoms with Gasteiger partial charge in [-0.15, -0.1) is 6.58 Å². The highest BCUT2D eigenvalue weighted by Gasteiger charge is 2.57. The van der Waals surface area contributed by atoms with Crippen molar-refractivity contribution < 1.29 is 33.3 Å². The number of ether oxygens (including phenoxy) is 5. The number of carbonyl (C=O) groups is 2. The number of fused-ring (bicyclic) bond motifs is 2. The third-order valence-corrected chi connectivity index (χ3v) is 7.17. The number of benzene rings is 3. The van der Waals surface area contributed by atoms with Crippen molar-refractivity contribution in [1.82, 2.24) is 4.90 Å². The van der Waals surface area contributed by atoms with Crippen molar-refractivity contribution in [3.8, 4) is 0 Å². The average Bonchev–Trinajstić information content (AvgIpc) is 3.24. The summed E-state index contributed by atoms with van der Waals surface area (Å²) in [5, 5.41) is 0. The second-order valence-corrected chi connectivity index (χ2v) is 9.62. The molecule has 6 atom stereocenters. The quantitative estimate of drug-likeness (QED) is 0.319. The summed E-state index contributed by atoms with van der Waals surface area (Å²) in [6.45, 7) is 4.35. The summed E-state index contributed by atoms with van der Waals surface area (Å²) >= 11 is 0. The van der Waals surface area contributed by atoms with Gasteiger partial charge < -0.3 is 23.7 Å². The monoisotopic (exact) mass is 527 g/mol. The number of rotatable bonds is 8. The van der Waals surface area contributed by atoms with E-state index in [0.717, 1.165) is 11.1 Å². The number of hydrogen-bond acceptors (Lipinski definition) is 7. The first kappa shape index (κ1) is 25.6.